The van der Waals surface area contributed by atoms with Gasteiger partial charge in [-0.2, -0.15) is 0 Å². The number of esters is 1. The van der Waals surface area contributed by atoms with Gasteiger partial charge in [-0.05, 0) is 54.5 Å². The van der Waals surface area contributed by atoms with Gasteiger partial charge in [-0.1, -0.05) is 23.8 Å². The first-order valence-corrected chi connectivity index (χ1v) is 12.9. The van der Waals surface area contributed by atoms with Crippen molar-refractivity contribution in [3.8, 4) is 0 Å². The van der Waals surface area contributed by atoms with E-state index in [1.807, 2.05) is 6.92 Å². The van der Waals surface area contributed by atoms with Crippen molar-refractivity contribution in [3.63, 3.8) is 0 Å². The van der Waals surface area contributed by atoms with E-state index in [4.69, 9.17) is 23.7 Å². The zero-order chi connectivity index (χ0) is 26.6. The molecule has 3 saturated heterocycles. The molecule has 0 saturated carbocycles. The van der Waals surface area contributed by atoms with Gasteiger partial charge in [0.2, 0.25) is 5.91 Å². The summed E-state index contributed by atoms with van der Waals surface area (Å²) in [6.45, 7) is 14.9. The van der Waals surface area contributed by atoms with Gasteiger partial charge in [-0.3, -0.25) is 9.59 Å². The van der Waals surface area contributed by atoms with Crippen LogP contribution in [0, 0.1) is 5.41 Å². The number of carbonyl (C=O) groups excluding carboxylic acids is 2. The van der Waals surface area contributed by atoms with Crippen molar-refractivity contribution in [2.45, 2.75) is 103 Å². The number of hydrogen-bond acceptors (Lipinski definition) is 7. The monoisotopic (exact) mass is 505 g/mol. The van der Waals surface area contributed by atoms with Crippen molar-refractivity contribution in [3.05, 3.63) is 36.0 Å². The third kappa shape index (κ3) is 9.14. The average Bonchev–Trinajstić information content (AvgIpc) is 3.51. The number of allylic oxidation sites excluding steroid dienone is 2. The predicted octanol–water partition coefficient (Wildman–Crippen LogP) is 4.00. The minimum absolute atomic E-state index is 0.0111. The van der Waals surface area contributed by atoms with Crippen LogP contribution in [-0.4, -0.2) is 67.4 Å². The molecule has 0 bridgehead atoms. The number of amides is 1. The van der Waals surface area contributed by atoms with E-state index in [9.17, 15) is 9.59 Å². The maximum atomic E-state index is 12.2. The molecule has 3 rings (SSSR count). The van der Waals surface area contributed by atoms with Crippen LogP contribution in [0.5, 0.6) is 0 Å². The molecule has 202 valence electrons. The number of hydrogen-bond donors (Lipinski definition) is 1. The Morgan fingerprint density at radius 1 is 1.17 bits per heavy atom. The summed E-state index contributed by atoms with van der Waals surface area (Å²) >= 11 is 0. The Morgan fingerprint density at radius 2 is 1.83 bits per heavy atom. The van der Waals surface area contributed by atoms with E-state index >= 15 is 0 Å². The third-order valence-electron chi connectivity index (χ3n) is 6.29. The van der Waals surface area contributed by atoms with Crippen molar-refractivity contribution in [2.24, 2.45) is 5.41 Å². The summed E-state index contributed by atoms with van der Waals surface area (Å²) in [6, 6.07) is -0.237. The van der Waals surface area contributed by atoms with E-state index in [-0.39, 0.29) is 41.5 Å². The summed E-state index contributed by atoms with van der Waals surface area (Å²) in [5.41, 5.74) is 0.362. The highest BCUT2D eigenvalue weighted by Gasteiger charge is 2.53. The molecule has 1 amide bonds. The molecule has 1 spiro atoms. The number of epoxide rings is 1. The number of rotatable bonds is 8. The predicted molar refractivity (Wildman–Crippen MR) is 136 cm³/mol. The van der Waals surface area contributed by atoms with Gasteiger partial charge in [0.15, 0.2) is 6.29 Å². The highest BCUT2D eigenvalue weighted by molar-refractivity contribution is 5.87. The van der Waals surface area contributed by atoms with E-state index in [0.29, 0.717) is 19.6 Å². The van der Waals surface area contributed by atoms with Gasteiger partial charge in [-0.25, -0.2) is 0 Å². The van der Waals surface area contributed by atoms with Crippen LogP contribution in [0.3, 0.4) is 0 Å². The summed E-state index contributed by atoms with van der Waals surface area (Å²) < 4.78 is 28.8. The minimum atomic E-state index is -0.586. The molecule has 8 nitrogen and oxygen atoms in total. The van der Waals surface area contributed by atoms with E-state index in [1.165, 1.54) is 6.08 Å². The Balaban J connectivity index is 1.35. The summed E-state index contributed by atoms with van der Waals surface area (Å²) in [5, 5.41) is 2.85. The Labute approximate surface area is 215 Å². The molecule has 8 heteroatoms. The van der Waals surface area contributed by atoms with Crippen LogP contribution in [0.15, 0.2) is 36.0 Å². The van der Waals surface area contributed by atoms with E-state index in [2.05, 4.69) is 37.4 Å². The molecular formula is C28H43NO7. The molecule has 3 fully saturated rings. The summed E-state index contributed by atoms with van der Waals surface area (Å²) in [6.07, 6.45) is 10.9. The average molecular weight is 506 g/mol. The second kappa shape index (κ2) is 11.6. The van der Waals surface area contributed by atoms with Crippen LogP contribution in [0.1, 0.15) is 67.7 Å². The lowest BCUT2D eigenvalue weighted by Gasteiger charge is -2.38. The van der Waals surface area contributed by atoms with Gasteiger partial charge in [0.1, 0.15) is 6.10 Å². The van der Waals surface area contributed by atoms with Gasteiger partial charge in [0.05, 0.1) is 48.6 Å². The molecule has 0 unspecified atom stereocenters. The van der Waals surface area contributed by atoms with Crippen LogP contribution in [0.2, 0.25) is 0 Å². The van der Waals surface area contributed by atoms with Crippen molar-refractivity contribution in [1.82, 2.24) is 5.32 Å². The maximum Gasteiger partial charge on any atom is 0.311 e. The van der Waals surface area contributed by atoms with Gasteiger partial charge in [-0.15, -0.1) is 0 Å². The highest BCUT2D eigenvalue weighted by Crippen LogP contribution is 2.46. The van der Waals surface area contributed by atoms with Crippen LogP contribution < -0.4 is 5.32 Å². The van der Waals surface area contributed by atoms with Gasteiger partial charge >= 0.3 is 5.97 Å². The third-order valence-corrected chi connectivity index (χ3v) is 6.29. The summed E-state index contributed by atoms with van der Waals surface area (Å²) in [5.74, 6) is -0.593. The zero-order valence-corrected chi connectivity index (χ0v) is 22.8. The minimum Gasteiger partial charge on any atom is -0.458 e. The maximum absolute atomic E-state index is 12.2. The number of nitrogens with one attached hydrogen (secondary N) is 1. The molecule has 0 aromatic carbocycles. The Bertz CT molecular complexity index is 865. The van der Waals surface area contributed by atoms with Gasteiger partial charge in [0, 0.05) is 25.3 Å². The lowest BCUT2D eigenvalue weighted by molar-refractivity contribution is -0.187. The molecule has 0 aromatic heterocycles. The lowest BCUT2D eigenvalue weighted by atomic mass is 9.85. The molecule has 3 atom stereocenters. The second-order valence-electron chi connectivity index (χ2n) is 11.8. The fourth-order valence-electron chi connectivity index (χ4n) is 4.37. The molecule has 36 heavy (non-hydrogen) atoms. The first-order chi connectivity index (χ1) is 16.8. The van der Waals surface area contributed by atoms with E-state index in [1.54, 1.807) is 33.8 Å². The molecule has 0 aliphatic carbocycles. The standard InChI is InChI=1S/C28H43NO7/c1-19(8-11-22-14-28(18-34-28)17-27(6,7)36-22)9-13-24-32-15-21(16-33-24)29-23(30)12-10-20(2)35-25(31)26(3,4)5/h8-12,20-22,24H,13-18H2,1-7H3,(H,29,30)/b11-8+,12-10-,19-9+/t20-,21-,22+,24+,28+/m0/s1. The summed E-state index contributed by atoms with van der Waals surface area (Å²) in [4.78, 5) is 24.1. The van der Waals surface area contributed by atoms with Crippen LogP contribution in [-0.2, 0) is 33.3 Å². The van der Waals surface area contributed by atoms with Crippen LogP contribution >= 0.6 is 0 Å². The smallest absolute Gasteiger partial charge is 0.311 e. The second-order valence-corrected chi connectivity index (χ2v) is 11.8. The molecule has 3 heterocycles. The quantitative estimate of drug-likeness (QED) is 0.231. The van der Waals surface area contributed by atoms with Crippen LogP contribution in [0.4, 0.5) is 0 Å². The summed E-state index contributed by atoms with van der Waals surface area (Å²) in [7, 11) is 0. The SMILES string of the molecule is CC(/C=C/[C@@H]1C[C@]2(CO2)CC(C)(C)O1)=C\C[C@H]1OC[C@@H](NC(=O)/C=C\[C@H](C)OC(=O)C(C)(C)C)CO1. The molecule has 3 aliphatic rings. The zero-order valence-electron chi connectivity index (χ0n) is 22.8. The van der Waals surface area contributed by atoms with E-state index < -0.39 is 11.5 Å². The molecular weight excluding hydrogens is 462 g/mol. The first-order valence-electron chi connectivity index (χ1n) is 12.9. The fraction of sp³-hybridized carbons (Fsp3) is 0.714. The molecule has 3 aliphatic heterocycles. The normalized spacial score (nSPS) is 31.5. The van der Waals surface area contributed by atoms with Crippen molar-refractivity contribution in [1.29, 1.82) is 0 Å². The molecule has 0 radical (unpaired) electrons. The highest BCUT2D eigenvalue weighted by atomic mass is 16.7. The van der Waals surface area contributed by atoms with Gasteiger partial charge in [0.25, 0.3) is 0 Å². The fourth-order valence-corrected chi connectivity index (χ4v) is 4.37. The van der Waals surface area contributed by atoms with Crippen molar-refractivity contribution >= 4 is 11.9 Å². The lowest BCUT2D eigenvalue weighted by Crippen LogP contribution is -2.46. The van der Waals surface area contributed by atoms with Crippen LogP contribution in [0.25, 0.3) is 0 Å². The largest absolute Gasteiger partial charge is 0.458 e. The Hall–Kier alpha value is -2.00. The number of ether oxygens (including phenoxy) is 5. The molecule has 0 aromatic rings. The van der Waals surface area contributed by atoms with E-state index in [0.717, 1.165) is 25.0 Å². The first kappa shape index (κ1) is 28.6. The Morgan fingerprint density at radius 3 is 2.44 bits per heavy atom. The molecule has 1 N–H and O–H groups in total. The topological polar surface area (TPSA) is 95.6 Å². The van der Waals surface area contributed by atoms with Crippen molar-refractivity contribution in [2.75, 3.05) is 19.8 Å². The Kier molecular flexibility index (Phi) is 9.20. The number of carbonyl (C=O) groups is 2. The van der Waals surface area contributed by atoms with Gasteiger partial charge < -0.3 is 29.0 Å². The van der Waals surface area contributed by atoms with Crippen molar-refractivity contribution < 1.29 is 33.3 Å².